The van der Waals surface area contributed by atoms with Crippen molar-refractivity contribution in [3.63, 3.8) is 0 Å². The summed E-state index contributed by atoms with van der Waals surface area (Å²) in [6, 6.07) is 7.02. The molecule has 0 saturated heterocycles. The monoisotopic (exact) mass is 229 g/mol. The molecule has 0 fully saturated rings. The quantitative estimate of drug-likeness (QED) is 0.730. The van der Waals surface area contributed by atoms with E-state index in [1.54, 1.807) is 24.3 Å². The lowest BCUT2D eigenvalue weighted by molar-refractivity contribution is 0.486. The van der Waals surface area contributed by atoms with Crippen molar-refractivity contribution < 1.29 is 13.0 Å². The van der Waals surface area contributed by atoms with Crippen LogP contribution in [0.25, 0.3) is 10.1 Å². The molecule has 74 valence electrons. The minimum Gasteiger partial charge on any atom is -0.396 e. The molecule has 6 heteroatoms. The van der Waals surface area contributed by atoms with Crippen LogP contribution in [0, 0.1) is 0 Å². The Morgan fingerprint density at radius 3 is 2.50 bits per heavy atom. The minimum absolute atomic E-state index is 0.119. The average molecular weight is 229 g/mol. The second kappa shape index (κ2) is 2.94. The summed E-state index contributed by atoms with van der Waals surface area (Å²) in [5.74, 6) is 0. The predicted molar refractivity (Wildman–Crippen MR) is 56.1 cm³/mol. The molecule has 3 N–H and O–H groups in total. The minimum atomic E-state index is -4.20. The van der Waals surface area contributed by atoms with Gasteiger partial charge < -0.3 is 5.73 Å². The van der Waals surface area contributed by atoms with Gasteiger partial charge >= 0.3 is 10.1 Å². The van der Waals surface area contributed by atoms with Gasteiger partial charge in [0.05, 0.1) is 5.69 Å². The molecule has 2 rings (SSSR count). The molecule has 0 aliphatic rings. The Balaban J connectivity index is 2.89. The van der Waals surface area contributed by atoms with E-state index in [4.69, 9.17) is 10.3 Å². The zero-order valence-electron chi connectivity index (χ0n) is 6.97. The molecule has 2 aromatic rings. The van der Waals surface area contributed by atoms with Gasteiger partial charge in [0.1, 0.15) is 0 Å². The lowest BCUT2D eigenvalue weighted by atomic mass is 10.2. The number of hydrogen-bond acceptors (Lipinski definition) is 4. The van der Waals surface area contributed by atoms with Crippen LogP contribution in [-0.2, 0) is 10.1 Å². The van der Waals surface area contributed by atoms with Crippen LogP contribution in [0.4, 0.5) is 5.69 Å². The number of rotatable bonds is 1. The van der Waals surface area contributed by atoms with Crippen LogP contribution in [-0.4, -0.2) is 13.0 Å². The second-order valence-corrected chi connectivity index (χ2v) is 5.44. The van der Waals surface area contributed by atoms with E-state index in [1.807, 2.05) is 0 Å². The van der Waals surface area contributed by atoms with Crippen molar-refractivity contribution in [1.29, 1.82) is 0 Å². The van der Waals surface area contributed by atoms with E-state index >= 15 is 0 Å². The summed E-state index contributed by atoms with van der Waals surface area (Å²) in [4.78, 5) is 0. The Morgan fingerprint density at radius 1 is 1.29 bits per heavy atom. The summed E-state index contributed by atoms with van der Waals surface area (Å²) in [6.07, 6.45) is 0. The molecule has 0 radical (unpaired) electrons. The fourth-order valence-corrected chi connectivity index (χ4v) is 3.17. The van der Waals surface area contributed by atoms with Crippen LogP contribution in [0.1, 0.15) is 0 Å². The van der Waals surface area contributed by atoms with E-state index in [2.05, 4.69) is 0 Å². The predicted octanol–water partition coefficient (Wildman–Crippen LogP) is 1.73. The van der Waals surface area contributed by atoms with Crippen molar-refractivity contribution in [2.75, 3.05) is 5.73 Å². The fourth-order valence-electron chi connectivity index (χ4n) is 1.23. The third-order valence-electron chi connectivity index (χ3n) is 1.83. The Labute approximate surface area is 84.7 Å². The van der Waals surface area contributed by atoms with Crippen molar-refractivity contribution in [3.8, 4) is 0 Å². The number of benzene rings is 1. The van der Waals surface area contributed by atoms with Crippen LogP contribution in [0.15, 0.2) is 28.5 Å². The number of nitrogen functional groups attached to an aromatic ring is 1. The molecule has 0 aliphatic carbocycles. The van der Waals surface area contributed by atoms with Gasteiger partial charge in [0.25, 0.3) is 0 Å². The van der Waals surface area contributed by atoms with Crippen molar-refractivity contribution in [2.45, 2.75) is 4.21 Å². The van der Waals surface area contributed by atoms with Gasteiger partial charge in [0.2, 0.25) is 0 Å². The molecule has 0 atom stereocenters. The summed E-state index contributed by atoms with van der Waals surface area (Å²) in [6.45, 7) is 0. The first kappa shape index (κ1) is 9.45. The summed E-state index contributed by atoms with van der Waals surface area (Å²) in [5.41, 5.74) is 5.71. The highest BCUT2D eigenvalue weighted by atomic mass is 32.3. The van der Waals surface area contributed by atoms with Gasteiger partial charge in [0.15, 0.2) is 4.21 Å². The highest BCUT2D eigenvalue weighted by molar-refractivity contribution is 7.88. The van der Waals surface area contributed by atoms with Crippen LogP contribution in [0.2, 0.25) is 0 Å². The third kappa shape index (κ3) is 1.37. The molecule has 14 heavy (non-hydrogen) atoms. The molecule has 0 unspecified atom stereocenters. The molecule has 0 spiro atoms. The highest BCUT2D eigenvalue weighted by Gasteiger charge is 2.19. The Morgan fingerprint density at radius 2 is 1.93 bits per heavy atom. The zero-order valence-corrected chi connectivity index (χ0v) is 8.60. The van der Waals surface area contributed by atoms with E-state index < -0.39 is 10.1 Å². The van der Waals surface area contributed by atoms with Crippen LogP contribution >= 0.6 is 11.3 Å². The number of fused-ring (bicyclic) bond motifs is 1. The lowest BCUT2D eigenvalue weighted by Gasteiger charge is -1.92. The Kier molecular flexibility index (Phi) is 1.99. The maximum atomic E-state index is 10.9. The second-order valence-electron chi connectivity index (χ2n) is 2.77. The molecule has 1 aromatic carbocycles. The smallest absolute Gasteiger partial charge is 0.306 e. The van der Waals surface area contributed by atoms with Crippen LogP contribution in [0.3, 0.4) is 0 Å². The molecule has 0 amide bonds. The molecular weight excluding hydrogens is 222 g/mol. The number of thiophene rings is 1. The van der Waals surface area contributed by atoms with E-state index in [1.165, 1.54) is 0 Å². The van der Waals surface area contributed by atoms with Gasteiger partial charge in [-0.1, -0.05) is 18.2 Å². The zero-order chi connectivity index (χ0) is 10.3. The maximum absolute atomic E-state index is 10.9. The molecule has 0 saturated carbocycles. The van der Waals surface area contributed by atoms with Crippen molar-refractivity contribution in [2.24, 2.45) is 0 Å². The third-order valence-corrected chi connectivity index (χ3v) is 4.39. The van der Waals surface area contributed by atoms with Gasteiger partial charge in [-0.2, -0.15) is 8.42 Å². The first-order valence-corrected chi connectivity index (χ1v) is 6.00. The Hall–Kier alpha value is -1.11. The normalized spacial score (nSPS) is 12.1. The topological polar surface area (TPSA) is 80.4 Å². The molecule has 0 aliphatic heterocycles. The molecule has 4 nitrogen and oxygen atoms in total. The maximum Gasteiger partial charge on any atom is 0.306 e. The number of hydrogen-bond donors (Lipinski definition) is 2. The largest absolute Gasteiger partial charge is 0.396 e. The van der Waals surface area contributed by atoms with E-state index in [9.17, 15) is 8.42 Å². The SMILES string of the molecule is Nc1c(S(=O)(=O)O)sc2ccccc12. The summed E-state index contributed by atoms with van der Waals surface area (Å²) < 4.78 is 31.3. The van der Waals surface area contributed by atoms with Gasteiger partial charge in [0, 0.05) is 10.1 Å². The molecule has 1 heterocycles. The standard InChI is InChI=1S/C8H7NO3S2/c9-7-5-3-1-2-4-6(5)13-8(7)14(10,11)12/h1-4H,9H2,(H,10,11,12). The van der Waals surface area contributed by atoms with E-state index in [0.717, 1.165) is 16.0 Å². The summed E-state index contributed by atoms with van der Waals surface area (Å²) >= 11 is 0.968. The number of anilines is 1. The highest BCUT2D eigenvalue weighted by Crippen LogP contribution is 2.36. The van der Waals surface area contributed by atoms with Gasteiger partial charge in [-0.3, -0.25) is 4.55 Å². The summed E-state index contributed by atoms with van der Waals surface area (Å²) in [5, 5.41) is 0.658. The van der Waals surface area contributed by atoms with Crippen molar-refractivity contribution in [1.82, 2.24) is 0 Å². The van der Waals surface area contributed by atoms with Crippen molar-refractivity contribution >= 4 is 37.2 Å². The first-order chi connectivity index (χ1) is 6.50. The summed E-state index contributed by atoms with van der Waals surface area (Å²) in [7, 11) is -4.20. The number of nitrogens with two attached hydrogens (primary N) is 1. The van der Waals surface area contributed by atoms with Gasteiger partial charge in [-0.15, -0.1) is 11.3 Å². The fraction of sp³-hybridized carbons (Fsp3) is 0. The van der Waals surface area contributed by atoms with Gasteiger partial charge in [-0.25, -0.2) is 0 Å². The van der Waals surface area contributed by atoms with E-state index in [0.29, 0.717) is 5.39 Å². The van der Waals surface area contributed by atoms with Crippen LogP contribution in [0.5, 0.6) is 0 Å². The van der Waals surface area contributed by atoms with Crippen LogP contribution < -0.4 is 5.73 Å². The Bertz CT molecular complexity index is 586. The van der Waals surface area contributed by atoms with E-state index in [-0.39, 0.29) is 9.90 Å². The molecule has 1 aromatic heterocycles. The van der Waals surface area contributed by atoms with Gasteiger partial charge in [-0.05, 0) is 6.07 Å². The van der Waals surface area contributed by atoms with Crippen molar-refractivity contribution in [3.05, 3.63) is 24.3 Å². The average Bonchev–Trinajstić information content (AvgIpc) is 2.44. The molecular formula is C8H7NO3S2. The molecule has 0 bridgehead atoms. The first-order valence-electron chi connectivity index (χ1n) is 3.74. The lowest BCUT2D eigenvalue weighted by Crippen LogP contribution is -1.98.